The number of rotatable bonds is 46. The smallest absolute Gasteiger partial charge is 0.326 e. The zero-order valence-corrected chi connectivity index (χ0v) is 43.7. The normalized spacial score (nSPS) is 16.2. The molecule has 5 amide bonds. The minimum Gasteiger partial charge on any atom is -0.481 e. The third-order valence-corrected chi connectivity index (χ3v) is 13.8. The molecular formula is C51H94N8O11S. The Morgan fingerprint density at radius 1 is 0.451 bits per heavy atom. The molecule has 13 N–H and O–H groups in total. The number of amides is 5. The summed E-state index contributed by atoms with van der Waals surface area (Å²) in [6.07, 6.45) is 27.0. The van der Waals surface area contributed by atoms with Crippen molar-refractivity contribution in [3.8, 4) is 0 Å². The van der Waals surface area contributed by atoms with Crippen LogP contribution in [0.3, 0.4) is 0 Å². The molecule has 0 aromatic carbocycles. The van der Waals surface area contributed by atoms with Gasteiger partial charge in [0.15, 0.2) is 0 Å². The molecule has 1 saturated carbocycles. The number of thiol groups is 1. The molecule has 0 aromatic heterocycles. The van der Waals surface area contributed by atoms with E-state index in [2.05, 4.69) is 44.1 Å². The van der Waals surface area contributed by atoms with E-state index in [1.165, 1.54) is 64.2 Å². The molecule has 20 heteroatoms. The van der Waals surface area contributed by atoms with Gasteiger partial charge in [0.1, 0.15) is 12.1 Å². The van der Waals surface area contributed by atoms with Crippen LogP contribution >= 0.6 is 12.8 Å². The topological polar surface area (TPSA) is 321 Å². The third kappa shape index (κ3) is 35.7. The molecule has 0 aromatic rings. The van der Waals surface area contributed by atoms with Gasteiger partial charge in [-0.25, -0.2) is 4.79 Å². The second kappa shape index (κ2) is 42.5. The SMILES string of the molecule is N[C@@H](CCCCNC(=O)CC[C@H](NC(=O)C1CCC(CNC(=O)CCCCCCCCCCCCCCCCCCC(=O)O)CC1)C(=O)O)C(=O)NCCCC[C@H](N)C(=O)NCCCC[C@H](NS)C(=O)O. The van der Waals surface area contributed by atoms with E-state index in [1.54, 1.807) is 0 Å². The van der Waals surface area contributed by atoms with E-state index in [0.717, 1.165) is 51.4 Å². The first kappa shape index (κ1) is 65.0. The molecular weight excluding hydrogens is 933 g/mol. The van der Waals surface area contributed by atoms with Gasteiger partial charge in [0, 0.05) is 51.4 Å². The maximum absolute atomic E-state index is 13.0. The Balaban J connectivity index is 2.07. The summed E-state index contributed by atoms with van der Waals surface area (Å²) >= 11 is 3.80. The number of hydrogen-bond acceptors (Lipinski definition) is 12. The number of aliphatic carboxylic acids is 3. The van der Waals surface area contributed by atoms with E-state index >= 15 is 0 Å². The van der Waals surface area contributed by atoms with Gasteiger partial charge in [-0.15, -0.1) is 0 Å². The Bertz CT molecular complexity index is 1520. The molecule has 0 radical (unpaired) electrons. The zero-order chi connectivity index (χ0) is 52.5. The van der Waals surface area contributed by atoms with Crippen molar-refractivity contribution in [3.05, 3.63) is 0 Å². The Labute approximate surface area is 429 Å². The van der Waals surface area contributed by atoms with Gasteiger partial charge >= 0.3 is 17.9 Å². The predicted molar refractivity (Wildman–Crippen MR) is 278 cm³/mol. The van der Waals surface area contributed by atoms with E-state index < -0.39 is 42.1 Å². The summed E-state index contributed by atoms with van der Waals surface area (Å²) in [4.78, 5) is 96.1. The van der Waals surface area contributed by atoms with Gasteiger partial charge in [-0.2, -0.15) is 0 Å². The van der Waals surface area contributed by atoms with Crippen LogP contribution in [0.1, 0.15) is 212 Å². The van der Waals surface area contributed by atoms with Gasteiger partial charge in [-0.05, 0) is 109 Å². The van der Waals surface area contributed by atoms with Crippen molar-refractivity contribution in [1.82, 2.24) is 31.3 Å². The molecule has 0 spiro atoms. The lowest BCUT2D eigenvalue weighted by Crippen LogP contribution is -2.45. The zero-order valence-electron chi connectivity index (χ0n) is 42.8. The fourth-order valence-electron chi connectivity index (χ4n) is 8.79. The van der Waals surface area contributed by atoms with Gasteiger partial charge in [0.2, 0.25) is 29.5 Å². The van der Waals surface area contributed by atoms with E-state index in [4.69, 9.17) is 21.7 Å². The number of nitrogens with two attached hydrogens (primary N) is 2. The summed E-state index contributed by atoms with van der Waals surface area (Å²) in [5.41, 5.74) is 12.0. The molecule has 0 aliphatic heterocycles. The van der Waals surface area contributed by atoms with Crippen molar-refractivity contribution in [2.24, 2.45) is 23.3 Å². The average molecular weight is 1030 g/mol. The first-order chi connectivity index (χ1) is 34.1. The Morgan fingerprint density at radius 3 is 1.30 bits per heavy atom. The predicted octanol–water partition coefficient (Wildman–Crippen LogP) is 5.77. The molecule has 1 rings (SSSR count). The van der Waals surface area contributed by atoms with Crippen LogP contribution in [0.15, 0.2) is 0 Å². The Morgan fingerprint density at radius 2 is 0.859 bits per heavy atom. The molecule has 1 aliphatic rings. The van der Waals surface area contributed by atoms with Crippen LogP contribution in [-0.4, -0.2) is 113 Å². The van der Waals surface area contributed by atoms with Gasteiger partial charge < -0.3 is 53.4 Å². The Hall–Kier alpha value is -4.01. The number of carboxylic acids is 3. The van der Waals surface area contributed by atoms with E-state index in [-0.39, 0.29) is 60.6 Å². The summed E-state index contributed by atoms with van der Waals surface area (Å²) in [6, 6.07) is -3.34. The van der Waals surface area contributed by atoms with E-state index in [0.29, 0.717) is 103 Å². The highest BCUT2D eigenvalue weighted by Gasteiger charge is 2.30. The Kier molecular flexibility index (Phi) is 38.9. The van der Waals surface area contributed by atoms with Gasteiger partial charge in [0.05, 0.1) is 12.1 Å². The summed E-state index contributed by atoms with van der Waals surface area (Å²) in [7, 11) is 0. The lowest BCUT2D eigenvalue weighted by atomic mass is 9.81. The molecule has 0 heterocycles. The first-order valence-electron chi connectivity index (χ1n) is 27.1. The fourth-order valence-corrected chi connectivity index (χ4v) is 9.03. The molecule has 410 valence electrons. The molecule has 71 heavy (non-hydrogen) atoms. The largest absolute Gasteiger partial charge is 0.481 e. The molecule has 1 fully saturated rings. The lowest BCUT2D eigenvalue weighted by molar-refractivity contribution is -0.143. The second-order valence-corrected chi connectivity index (χ2v) is 19.9. The molecule has 19 nitrogen and oxygen atoms in total. The molecule has 4 atom stereocenters. The number of nitrogens with one attached hydrogen (secondary N) is 6. The minimum absolute atomic E-state index is 0.0465. The highest BCUT2D eigenvalue weighted by Crippen LogP contribution is 2.29. The second-order valence-electron chi connectivity index (χ2n) is 19.7. The monoisotopic (exact) mass is 1030 g/mol. The number of hydrogen-bond donors (Lipinski definition) is 12. The van der Waals surface area contributed by atoms with Crippen LogP contribution in [0.4, 0.5) is 0 Å². The maximum Gasteiger partial charge on any atom is 0.326 e. The minimum atomic E-state index is -1.20. The molecule has 0 bridgehead atoms. The van der Waals surface area contributed by atoms with Crippen molar-refractivity contribution in [2.45, 2.75) is 236 Å². The van der Waals surface area contributed by atoms with Crippen LogP contribution in [0.25, 0.3) is 0 Å². The summed E-state index contributed by atoms with van der Waals surface area (Å²) in [5.74, 6) is -4.07. The van der Waals surface area contributed by atoms with Crippen molar-refractivity contribution in [3.63, 3.8) is 0 Å². The quantitative estimate of drug-likeness (QED) is 0.0255. The number of unbranched alkanes of at least 4 members (excludes halogenated alkanes) is 18. The van der Waals surface area contributed by atoms with Crippen LogP contribution in [0, 0.1) is 11.8 Å². The van der Waals surface area contributed by atoms with Gasteiger partial charge in [-0.1, -0.05) is 103 Å². The van der Waals surface area contributed by atoms with Gasteiger partial charge in [0.25, 0.3) is 0 Å². The first-order valence-corrected chi connectivity index (χ1v) is 27.6. The summed E-state index contributed by atoms with van der Waals surface area (Å²) in [6.45, 7) is 1.69. The lowest BCUT2D eigenvalue weighted by Gasteiger charge is -2.28. The van der Waals surface area contributed by atoms with E-state index in [9.17, 15) is 43.5 Å². The average Bonchev–Trinajstić information content (AvgIpc) is 3.34. The highest BCUT2D eigenvalue weighted by atomic mass is 32.1. The van der Waals surface area contributed by atoms with Gasteiger partial charge in [-0.3, -0.25) is 38.3 Å². The summed E-state index contributed by atoms with van der Waals surface area (Å²) in [5, 5.41) is 41.5. The summed E-state index contributed by atoms with van der Waals surface area (Å²) < 4.78 is 2.43. The van der Waals surface area contributed by atoms with Crippen molar-refractivity contribution in [1.29, 1.82) is 0 Å². The molecule has 1 aliphatic carbocycles. The standard InChI is InChI=1S/C51H94N8O11S/c52-40(48(65)55-35-21-18-24-41(53)49(66)56-36-22-19-25-43(59-71)51(69)70)23-17-20-34-54-45(61)33-32-42(50(67)68)58-47(64)39-30-28-38(29-31-39)37-57-44(60)26-15-13-11-9-7-5-3-1-2-4-6-8-10-12-14-16-27-46(62)63/h38-43,59,71H,1-37,52-53H2,(H,54,61)(H,55,65)(H,56,66)(H,57,60)(H,58,64)(H,62,63)(H,67,68)(H,69,70)/t38?,39?,40-,41-,42-,43-/m0/s1. The number of carboxylic acid groups (broad SMARTS) is 3. The van der Waals surface area contributed by atoms with Crippen molar-refractivity contribution < 1.29 is 53.7 Å². The van der Waals surface area contributed by atoms with Crippen LogP contribution < -0.4 is 42.8 Å². The molecule has 0 saturated heterocycles. The van der Waals surface area contributed by atoms with Crippen LogP contribution in [-0.2, 0) is 38.4 Å². The maximum atomic E-state index is 13.0. The number of carbonyl (C=O) groups is 8. The van der Waals surface area contributed by atoms with E-state index in [1.807, 2.05) is 0 Å². The highest BCUT2D eigenvalue weighted by molar-refractivity contribution is 7.78. The van der Waals surface area contributed by atoms with Crippen molar-refractivity contribution in [2.75, 3.05) is 26.2 Å². The third-order valence-electron chi connectivity index (χ3n) is 13.5. The van der Waals surface area contributed by atoms with Crippen molar-refractivity contribution >= 4 is 60.3 Å². The van der Waals surface area contributed by atoms with Crippen LogP contribution in [0.2, 0.25) is 0 Å². The number of carbonyl (C=O) groups excluding carboxylic acids is 5. The van der Waals surface area contributed by atoms with Crippen LogP contribution in [0.5, 0.6) is 0 Å². The molecule has 0 unspecified atom stereocenters. The fraction of sp³-hybridized carbons (Fsp3) is 0.843.